The highest BCUT2D eigenvalue weighted by Crippen LogP contribution is 2.33. The van der Waals surface area contributed by atoms with Gasteiger partial charge in [-0.3, -0.25) is 0 Å². The summed E-state index contributed by atoms with van der Waals surface area (Å²) in [4.78, 5) is 12.2. The molecule has 3 aromatic rings. The van der Waals surface area contributed by atoms with Gasteiger partial charge < -0.3 is 9.30 Å². The van der Waals surface area contributed by atoms with E-state index in [1.54, 1.807) is 0 Å². The lowest BCUT2D eigenvalue weighted by Gasteiger charge is -2.07. The number of aryl methyl sites for hydroxylation is 1. The second-order valence-electron chi connectivity index (χ2n) is 4.66. The first-order valence-corrected chi connectivity index (χ1v) is 6.45. The lowest BCUT2D eigenvalue weighted by molar-refractivity contribution is 0.0603. The topological polar surface area (TPSA) is 31.2 Å². The van der Waals surface area contributed by atoms with Gasteiger partial charge in [0.15, 0.2) is 0 Å². The minimum absolute atomic E-state index is 0.305. The van der Waals surface area contributed by atoms with Crippen LogP contribution >= 0.6 is 0 Å². The zero-order chi connectivity index (χ0) is 14.1. The molecule has 0 N–H and O–H groups in total. The first kappa shape index (κ1) is 12.5. The molecule has 0 saturated heterocycles. The molecule has 0 radical (unpaired) electrons. The molecule has 0 atom stereocenters. The monoisotopic (exact) mass is 265 g/mol. The van der Waals surface area contributed by atoms with Crippen molar-refractivity contribution in [2.75, 3.05) is 7.11 Å². The first-order valence-electron chi connectivity index (χ1n) is 6.45. The van der Waals surface area contributed by atoms with E-state index in [4.69, 9.17) is 4.74 Å². The van der Waals surface area contributed by atoms with Gasteiger partial charge in [0.25, 0.3) is 0 Å². The Morgan fingerprint density at radius 1 is 1.00 bits per heavy atom. The number of ether oxygens (including phenoxy) is 1. The van der Waals surface area contributed by atoms with E-state index in [0.29, 0.717) is 5.56 Å². The molecule has 20 heavy (non-hydrogen) atoms. The molecule has 1 heterocycles. The maximum Gasteiger partial charge on any atom is 0.340 e. The van der Waals surface area contributed by atoms with Crippen LogP contribution in [0.25, 0.3) is 22.2 Å². The lowest BCUT2D eigenvalue weighted by Crippen LogP contribution is -2.03. The van der Waals surface area contributed by atoms with Crippen molar-refractivity contribution < 1.29 is 9.53 Å². The van der Waals surface area contributed by atoms with E-state index < -0.39 is 0 Å². The third kappa shape index (κ3) is 1.79. The molecule has 2 aromatic carbocycles. The quantitative estimate of drug-likeness (QED) is 0.662. The fourth-order valence-corrected chi connectivity index (χ4v) is 2.64. The normalized spacial score (nSPS) is 10.7. The molecular weight excluding hydrogens is 250 g/mol. The van der Waals surface area contributed by atoms with Crippen LogP contribution in [-0.2, 0) is 11.8 Å². The average Bonchev–Trinajstić information content (AvgIpc) is 2.81. The molecule has 0 saturated carbocycles. The molecule has 0 amide bonds. The Balaban J connectivity index is 2.41. The Morgan fingerprint density at radius 2 is 1.65 bits per heavy atom. The summed E-state index contributed by atoms with van der Waals surface area (Å²) in [6.45, 7) is 0. The van der Waals surface area contributed by atoms with Gasteiger partial charge in [-0.25, -0.2) is 4.79 Å². The lowest BCUT2D eigenvalue weighted by atomic mass is 10.1. The fraction of sp³-hybridized carbons (Fsp3) is 0.118. The number of hydrogen-bond acceptors (Lipinski definition) is 2. The third-order valence-electron chi connectivity index (χ3n) is 3.54. The molecule has 0 bridgehead atoms. The van der Waals surface area contributed by atoms with E-state index >= 15 is 0 Å². The molecule has 0 unspecified atom stereocenters. The van der Waals surface area contributed by atoms with Gasteiger partial charge in [0, 0.05) is 18.0 Å². The van der Waals surface area contributed by atoms with Crippen LogP contribution in [-0.4, -0.2) is 17.6 Å². The van der Waals surface area contributed by atoms with Gasteiger partial charge in [0.1, 0.15) is 0 Å². The highest BCUT2D eigenvalue weighted by Gasteiger charge is 2.22. The molecule has 0 aliphatic heterocycles. The molecule has 0 aliphatic carbocycles. The minimum Gasteiger partial charge on any atom is -0.465 e. The van der Waals surface area contributed by atoms with Crippen LogP contribution in [0.2, 0.25) is 0 Å². The number of rotatable bonds is 2. The second kappa shape index (κ2) is 4.85. The summed E-state index contributed by atoms with van der Waals surface area (Å²) in [6, 6.07) is 17.8. The van der Waals surface area contributed by atoms with E-state index in [0.717, 1.165) is 22.2 Å². The van der Waals surface area contributed by atoms with Gasteiger partial charge in [0.2, 0.25) is 0 Å². The molecule has 3 nitrogen and oxygen atoms in total. The summed E-state index contributed by atoms with van der Waals surface area (Å²) in [7, 11) is 3.38. The predicted molar refractivity (Wildman–Crippen MR) is 79.7 cm³/mol. The largest absolute Gasteiger partial charge is 0.465 e. The van der Waals surface area contributed by atoms with Crippen LogP contribution in [0.15, 0.2) is 54.6 Å². The van der Waals surface area contributed by atoms with Crippen LogP contribution in [0.5, 0.6) is 0 Å². The predicted octanol–water partition coefficient (Wildman–Crippen LogP) is 3.63. The van der Waals surface area contributed by atoms with E-state index in [2.05, 4.69) is 0 Å². The van der Waals surface area contributed by atoms with E-state index in [9.17, 15) is 4.79 Å². The summed E-state index contributed by atoms with van der Waals surface area (Å²) in [5.74, 6) is -0.305. The van der Waals surface area contributed by atoms with Crippen molar-refractivity contribution in [2.24, 2.45) is 7.05 Å². The maximum atomic E-state index is 12.2. The van der Waals surface area contributed by atoms with Gasteiger partial charge in [0.05, 0.1) is 18.4 Å². The molecule has 3 heteroatoms. The third-order valence-corrected chi connectivity index (χ3v) is 3.54. The SMILES string of the molecule is COC(=O)c1c(-c2ccccc2)n(C)c2ccccc12. The summed E-state index contributed by atoms with van der Waals surface area (Å²) in [6.07, 6.45) is 0. The summed E-state index contributed by atoms with van der Waals surface area (Å²) < 4.78 is 7.01. The van der Waals surface area contributed by atoms with E-state index in [-0.39, 0.29) is 5.97 Å². The van der Waals surface area contributed by atoms with Crippen molar-refractivity contribution in [3.8, 4) is 11.3 Å². The Labute approximate surface area is 117 Å². The zero-order valence-electron chi connectivity index (χ0n) is 11.5. The van der Waals surface area contributed by atoms with Crippen molar-refractivity contribution in [3.05, 3.63) is 60.2 Å². The average molecular weight is 265 g/mol. The molecule has 0 fully saturated rings. The minimum atomic E-state index is -0.305. The Morgan fingerprint density at radius 3 is 2.35 bits per heavy atom. The van der Waals surface area contributed by atoms with E-state index in [1.807, 2.05) is 66.2 Å². The number of para-hydroxylation sites is 1. The standard InChI is InChI=1S/C17H15NO2/c1-18-14-11-7-6-10-13(14)15(17(19)20-2)16(18)12-8-4-3-5-9-12/h3-11H,1-2H3. The van der Waals surface area contributed by atoms with Crippen LogP contribution in [0.4, 0.5) is 0 Å². The molecule has 100 valence electrons. The van der Waals surface area contributed by atoms with Gasteiger partial charge in [-0.05, 0) is 11.6 Å². The van der Waals surface area contributed by atoms with Gasteiger partial charge >= 0.3 is 5.97 Å². The van der Waals surface area contributed by atoms with Crippen molar-refractivity contribution in [2.45, 2.75) is 0 Å². The summed E-state index contributed by atoms with van der Waals surface area (Å²) >= 11 is 0. The Hall–Kier alpha value is -2.55. The summed E-state index contributed by atoms with van der Waals surface area (Å²) in [5.41, 5.74) is 3.54. The molecular formula is C17H15NO2. The highest BCUT2D eigenvalue weighted by atomic mass is 16.5. The van der Waals surface area contributed by atoms with Crippen molar-refractivity contribution in [1.29, 1.82) is 0 Å². The van der Waals surface area contributed by atoms with Crippen molar-refractivity contribution in [3.63, 3.8) is 0 Å². The molecule has 3 rings (SSSR count). The van der Waals surface area contributed by atoms with Gasteiger partial charge in [-0.1, -0.05) is 48.5 Å². The van der Waals surface area contributed by atoms with Crippen LogP contribution in [0.1, 0.15) is 10.4 Å². The number of carbonyl (C=O) groups excluding carboxylic acids is 1. The van der Waals surface area contributed by atoms with Gasteiger partial charge in [-0.2, -0.15) is 0 Å². The second-order valence-corrected chi connectivity index (χ2v) is 4.66. The fourth-order valence-electron chi connectivity index (χ4n) is 2.64. The van der Waals surface area contributed by atoms with E-state index in [1.165, 1.54) is 7.11 Å². The smallest absolute Gasteiger partial charge is 0.340 e. The molecule has 0 spiro atoms. The number of methoxy groups -OCH3 is 1. The molecule has 1 aromatic heterocycles. The Kier molecular flexibility index (Phi) is 3.03. The first-order chi connectivity index (χ1) is 9.74. The number of fused-ring (bicyclic) bond motifs is 1. The van der Waals surface area contributed by atoms with Gasteiger partial charge in [-0.15, -0.1) is 0 Å². The van der Waals surface area contributed by atoms with Crippen LogP contribution in [0, 0.1) is 0 Å². The number of aromatic nitrogens is 1. The summed E-state index contributed by atoms with van der Waals surface area (Å²) in [5, 5.41) is 0.917. The highest BCUT2D eigenvalue weighted by molar-refractivity contribution is 6.10. The number of carbonyl (C=O) groups is 1. The van der Waals surface area contributed by atoms with Crippen molar-refractivity contribution >= 4 is 16.9 Å². The molecule has 0 aliphatic rings. The number of hydrogen-bond donors (Lipinski definition) is 0. The number of esters is 1. The Bertz CT molecular complexity index is 772. The van der Waals surface area contributed by atoms with Crippen molar-refractivity contribution in [1.82, 2.24) is 4.57 Å². The maximum absolute atomic E-state index is 12.2. The number of nitrogens with zero attached hydrogens (tertiary/aromatic N) is 1. The number of benzene rings is 2. The van der Waals surface area contributed by atoms with Crippen LogP contribution < -0.4 is 0 Å². The zero-order valence-corrected chi connectivity index (χ0v) is 11.5. The van der Waals surface area contributed by atoms with Crippen LogP contribution in [0.3, 0.4) is 0 Å².